The maximum atomic E-state index is 12.8. The Bertz CT molecular complexity index is 1240. The van der Waals surface area contributed by atoms with Crippen LogP contribution in [0.25, 0.3) is 0 Å². The van der Waals surface area contributed by atoms with Crippen LogP contribution >= 0.6 is 0 Å². The number of carbonyl (C=O) groups excluding carboxylic acids is 2. The number of nitrogens with one attached hydrogen (secondary N) is 3. The summed E-state index contributed by atoms with van der Waals surface area (Å²) in [6.07, 6.45) is 6.69. The van der Waals surface area contributed by atoms with Gasteiger partial charge in [-0.25, -0.2) is 0 Å². The molecule has 0 fully saturated rings. The van der Waals surface area contributed by atoms with Crippen LogP contribution in [-0.4, -0.2) is 37.0 Å². The van der Waals surface area contributed by atoms with Crippen LogP contribution in [0.4, 0.5) is 5.69 Å². The Hall–Kier alpha value is -4.53. The van der Waals surface area contributed by atoms with Crippen LogP contribution in [0.5, 0.6) is 11.5 Å². The van der Waals surface area contributed by atoms with E-state index in [1.54, 1.807) is 12.1 Å². The van der Waals surface area contributed by atoms with E-state index in [4.69, 9.17) is 20.9 Å². The van der Waals surface area contributed by atoms with Crippen molar-refractivity contribution in [3.05, 3.63) is 90.0 Å². The summed E-state index contributed by atoms with van der Waals surface area (Å²) in [6.45, 7) is 3.29. The molecule has 0 aliphatic rings. The smallest absolute Gasteiger partial charge is 0.339 e. The number of hydrogen-bond acceptors (Lipinski definition) is 4. The molecule has 9 nitrogen and oxygen atoms in total. The van der Waals surface area contributed by atoms with Gasteiger partial charge in [-0.2, -0.15) is 0 Å². The lowest BCUT2D eigenvalue weighted by molar-refractivity contribution is -0.489. The molecule has 0 bridgehead atoms. The molecule has 0 heterocycles. The number of nitrogens with two attached hydrogens (primary N) is 2. The second kappa shape index (κ2) is 18.0. The highest BCUT2D eigenvalue weighted by atomic mass is 16.5. The first-order valence-corrected chi connectivity index (χ1v) is 14.6. The number of benzene rings is 3. The number of rotatable bonds is 18. The fraction of sp³-hybridized carbons (Fsp3) is 0.364. The van der Waals surface area contributed by atoms with Gasteiger partial charge in [-0.3, -0.25) is 26.0 Å². The fourth-order valence-electron chi connectivity index (χ4n) is 4.41. The molecule has 1 atom stereocenters. The quantitative estimate of drug-likeness (QED) is 0.0898. The minimum Gasteiger partial charge on any atom is -0.494 e. The normalized spacial score (nSPS) is 11.3. The molecule has 0 spiro atoms. The highest BCUT2D eigenvalue weighted by Gasteiger charge is 2.19. The lowest BCUT2D eigenvalue weighted by Gasteiger charge is -2.13. The lowest BCUT2D eigenvalue weighted by atomic mass is 10.0. The Morgan fingerprint density at radius 1 is 0.762 bits per heavy atom. The Kier molecular flexibility index (Phi) is 13.7. The standard InChI is InChI=1S/C33H43N5O4/c1-25(39)37-28-15-13-26(14-16-28)23-31(38-33(34)35)32(40)36-21-9-4-2-3-5-10-22-41-29-17-19-30(20-18-29)42-24-27-11-7-6-8-12-27/h6-8,11-20,31H,2-5,9-10,21-24H2,1H3,(H,36,40)(H,37,39)(H4,34,35,38)/p+1. The first kappa shape index (κ1) is 32.0. The molecule has 9 heteroatoms. The average Bonchev–Trinajstić information content (AvgIpc) is 2.98. The minimum atomic E-state index is -0.584. The number of guanidine groups is 1. The van der Waals surface area contributed by atoms with E-state index in [9.17, 15) is 9.59 Å². The average molecular weight is 575 g/mol. The first-order valence-electron chi connectivity index (χ1n) is 14.6. The number of ether oxygens (including phenoxy) is 2. The van der Waals surface area contributed by atoms with Crippen molar-refractivity contribution in [2.45, 2.75) is 64.5 Å². The Morgan fingerprint density at radius 3 is 2.02 bits per heavy atom. The van der Waals surface area contributed by atoms with Crippen LogP contribution in [-0.2, 0) is 22.6 Å². The van der Waals surface area contributed by atoms with E-state index in [0.29, 0.717) is 31.9 Å². The summed E-state index contributed by atoms with van der Waals surface area (Å²) in [7, 11) is 0. The fourth-order valence-corrected chi connectivity index (χ4v) is 4.41. The van der Waals surface area contributed by atoms with Crippen molar-refractivity contribution in [2.75, 3.05) is 18.5 Å². The van der Waals surface area contributed by atoms with Gasteiger partial charge in [-0.15, -0.1) is 0 Å². The van der Waals surface area contributed by atoms with Crippen molar-refractivity contribution < 1.29 is 24.1 Å². The van der Waals surface area contributed by atoms with Crippen molar-refractivity contribution >= 4 is 23.5 Å². The summed E-state index contributed by atoms with van der Waals surface area (Å²) in [6, 6.07) is 24.6. The zero-order valence-corrected chi connectivity index (χ0v) is 24.4. The molecule has 42 heavy (non-hydrogen) atoms. The SMILES string of the molecule is CC(=O)Nc1ccc(CC([NH+]=C(N)N)C(=O)NCCCCCCCCOc2ccc(OCc3ccccc3)cc2)cc1. The molecule has 0 aliphatic heterocycles. The van der Waals surface area contributed by atoms with E-state index in [1.807, 2.05) is 66.7 Å². The van der Waals surface area contributed by atoms with Gasteiger partial charge in [-0.05, 0) is 60.4 Å². The van der Waals surface area contributed by atoms with Gasteiger partial charge in [0.05, 0.1) is 6.61 Å². The van der Waals surface area contributed by atoms with Crippen molar-refractivity contribution in [2.24, 2.45) is 11.5 Å². The van der Waals surface area contributed by atoms with E-state index in [0.717, 1.165) is 61.2 Å². The molecular formula is C33H44N5O4+. The molecular weight excluding hydrogens is 530 g/mol. The second-order valence-electron chi connectivity index (χ2n) is 10.2. The molecule has 3 rings (SSSR count). The molecule has 0 saturated heterocycles. The summed E-state index contributed by atoms with van der Waals surface area (Å²) in [5.41, 5.74) is 14.0. The number of amides is 2. The van der Waals surface area contributed by atoms with Gasteiger partial charge in [0.25, 0.3) is 5.91 Å². The van der Waals surface area contributed by atoms with Crippen LogP contribution in [0.15, 0.2) is 78.9 Å². The monoisotopic (exact) mass is 574 g/mol. The third-order valence-electron chi connectivity index (χ3n) is 6.58. The van der Waals surface area contributed by atoms with Gasteiger partial charge < -0.3 is 20.1 Å². The molecule has 1 unspecified atom stereocenters. The summed E-state index contributed by atoms with van der Waals surface area (Å²) in [5.74, 6) is 1.39. The largest absolute Gasteiger partial charge is 0.494 e. The molecule has 3 aromatic rings. The van der Waals surface area contributed by atoms with E-state index in [2.05, 4.69) is 15.6 Å². The zero-order chi connectivity index (χ0) is 30.0. The molecule has 2 amide bonds. The van der Waals surface area contributed by atoms with Crippen molar-refractivity contribution in [1.82, 2.24) is 5.32 Å². The van der Waals surface area contributed by atoms with Crippen LogP contribution in [0, 0.1) is 0 Å². The van der Waals surface area contributed by atoms with Crippen molar-refractivity contribution in [3.63, 3.8) is 0 Å². The van der Waals surface area contributed by atoms with Crippen molar-refractivity contribution in [3.8, 4) is 11.5 Å². The molecule has 7 N–H and O–H groups in total. The van der Waals surface area contributed by atoms with Crippen LogP contribution in [0.1, 0.15) is 56.6 Å². The maximum Gasteiger partial charge on any atom is 0.339 e. The van der Waals surface area contributed by atoms with Gasteiger partial charge in [0.1, 0.15) is 18.1 Å². The zero-order valence-electron chi connectivity index (χ0n) is 24.4. The number of carbonyl (C=O) groups is 2. The molecule has 3 aromatic carbocycles. The Morgan fingerprint density at radius 2 is 1.38 bits per heavy atom. The molecule has 0 aliphatic carbocycles. The van der Waals surface area contributed by atoms with Crippen LogP contribution < -0.4 is 36.6 Å². The summed E-state index contributed by atoms with van der Waals surface area (Å²) in [4.78, 5) is 26.8. The van der Waals surface area contributed by atoms with Crippen molar-refractivity contribution in [1.29, 1.82) is 0 Å². The first-order chi connectivity index (χ1) is 20.4. The highest BCUT2D eigenvalue weighted by molar-refractivity contribution is 5.88. The second-order valence-corrected chi connectivity index (χ2v) is 10.2. The minimum absolute atomic E-state index is 0.00105. The predicted octanol–water partition coefficient (Wildman–Crippen LogP) is 3.02. The van der Waals surface area contributed by atoms with Gasteiger partial charge in [0.2, 0.25) is 5.91 Å². The Balaban J connectivity index is 1.23. The maximum absolute atomic E-state index is 12.8. The number of hydrogen-bond donors (Lipinski definition) is 5. The number of unbranched alkanes of at least 4 members (excludes halogenated alkanes) is 5. The summed E-state index contributed by atoms with van der Waals surface area (Å²) >= 11 is 0. The molecule has 0 aromatic heterocycles. The summed E-state index contributed by atoms with van der Waals surface area (Å²) in [5, 5.41) is 5.71. The lowest BCUT2D eigenvalue weighted by Crippen LogP contribution is -2.87. The van der Waals surface area contributed by atoms with Gasteiger partial charge >= 0.3 is 5.96 Å². The van der Waals surface area contributed by atoms with Gasteiger partial charge in [-0.1, -0.05) is 68.1 Å². The molecule has 0 radical (unpaired) electrons. The van der Waals surface area contributed by atoms with Crippen LogP contribution in [0.3, 0.4) is 0 Å². The number of anilines is 1. The molecule has 0 saturated carbocycles. The summed E-state index contributed by atoms with van der Waals surface area (Å²) < 4.78 is 11.7. The molecule has 224 valence electrons. The third-order valence-corrected chi connectivity index (χ3v) is 6.58. The van der Waals surface area contributed by atoms with E-state index in [-0.39, 0.29) is 17.8 Å². The van der Waals surface area contributed by atoms with Gasteiger partial charge in [0, 0.05) is 25.6 Å². The predicted molar refractivity (Wildman–Crippen MR) is 166 cm³/mol. The van der Waals surface area contributed by atoms with E-state index >= 15 is 0 Å². The van der Waals surface area contributed by atoms with Crippen LogP contribution in [0.2, 0.25) is 0 Å². The topological polar surface area (TPSA) is 143 Å². The highest BCUT2D eigenvalue weighted by Crippen LogP contribution is 2.19. The third kappa shape index (κ3) is 12.8. The Labute approximate surface area is 248 Å². The van der Waals surface area contributed by atoms with E-state index < -0.39 is 6.04 Å². The van der Waals surface area contributed by atoms with Gasteiger partial charge in [0.15, 0.2) is 6.04 Å². The van der Waals surface area contributed by atoms with E-state index in [1.165, 1.54) is 6.92 Å².